The van der Waals surface area contributed by atoms with Gasteiger partial charge in [-0.3, -0.25) is 0 Å². The zero-order valence-corrected chi connectivity index (χ0v) is 19.5. The summed E-state index contributed by atoms with van der Waals surface area (Å²) < 4.78 is 35.5. The average molecular weight is 425 g/mol. The predicted octanol–water partition coefficient (Wildman–Crippen LogP) is 4.43. The molecule has 0 amide bonds. The monoisotopic (exact) mass is 424 g/mol. The van der Waals surface area contributed by atoms with E-state index in [0.717, 1.165) is 32.1 Å². The molecule has 0 aromatic rings. The average Bonchev–Trinajstić information content (AvgIpc) is 3.34. The van der Waals surface area contributed by atoms with E-state index in [4.69, 9.17) is 28.4 Å². The molecule has 0 aromatic carbocycles. The summed E-state index contributed by atoms with van der Waals surface area (Å²) in [7, 11) is 1.67. The van der Waals surface area contributed by atoms with Crippen molar-refractivity contribution in [1.29, 1.82) is 0 Å². The van der Waals surface area contributed by atoms with Gasteiger partial charge >= 0.3 is 0 Å². The molecule has 2 aliphatic heterocycles. The Kier molecular flexibility index (Phi) is 6.39. The van der Waals surface area contributed by atoms with Crippen LogP contribution in [0.25, 0.3) is 0 Å². The molecule has 0 bridgehead atoms. The van der Waals surface area contributed by atoms with Gasteiger partial charge in [-0.15, -0.1) is 0 Å². The molecule has 2 saturated heterocycles. The second-order valence-corrected chi connectivity index (χ2v) is 10.4. The molecule has 4 rings (SSSR count). The van der Waals surface area contributed by atoms with E-state index in [1.807, 2.05) is 0 Å². The first-order valence-electron chi connectivity index (χ1n) is 11.6. The number of ether oxygens (including phenoxy) is 6. The summed E-state index contributed by atoms with van der Waals surface area (Å²) in [4.78, 5) is 0. The Morgan fingerprint density at radius 1 is 0.933 bits per heavy atom. The SMILES string of the molecule is COCOC[C@@]1(C)CC2(CC3=C1CC[C@@H](C)[C@]3(C)CCC1(C)OCCO1)OCCO2. The summed E-state index contributed by atoms with van der Waals surface area (Å²) in [5.74, 6) is -0.396. The Morgan fingerprint density at radius 3 is 2.27 bits per heavy atom. The van der Waals surface area contributed by atoms with Crippen LogP contribution in [0.4, 0.5) is 0 Å². The van der Waals surface area contributed by atoms with E-state index in [1.165, 1.54) is 12.0 Å². The Labute approximate surface area is 181 Å². The lowest BCUT2D eigenvalue weighted by atomic mass is 9.54. The van der Waals surface area contributed by atoms with Gasteiger partial charge in [0.15, 0.2) is 11.6 Å². The van der Waals surface area contributed by atoms with E-state index in [-0.39, 0.29) is 10.8 Å². The van der Waals surface area contributed by atoms with Crippen molar-refractivity contribution in [3.63, 3.8) is 0 Å². The summed E-state index contributed by atoms with van der Waals surface area (Å²) in [6.45, 7) is 12.9. The van der Waals surface area contributed by atoms with Crippen LogP contribution < -0.4 is 0 Å². The van der Waals surface area contributed by atoms with E-state index in [1.54, 1.807) is 12.7 Å². The van der Waals surface area contributed by atoms with E-state index < -0.39 is 11.6 Å². The third-order valence-electron chi connectivity index (χ3n) is 8.23. The van der Waals surface area contributed by atoms with Gasteiger partial charge in [0.1, 0.15) is 6.79 Å². The lowest BCUT2D eigenvalue weighted by Gasteiger charge is -2.54. The molecule has 0 aromatic heterocycles. The van der Waals surface area contributed by atoms with Gasteiger partial charge in [-0.25, -0.2) is 0 Å². The molecule has 3 atom stereocenters. The third kappa shape index (κ3) is 4.12. The second kappa shape index (κ2) is 8.45. The predicted molar refractivity (Wildman–Crippen MR) is 113 cm³/mol. The number of methoxy groups -OCH3 is 1. The summed E-state index contributed by atoms with van der Waals surface area (Å²) in [5.41, 5.74) is 3.04. The Morgan fingerprint density at radius 2 is 1.60 bits per heavy atom. The first kappa shape index (κ1) is 22.7. The highest BCUT2D eigenvalue weighted by Crippen LogP contribution is 2.60. The smallest absolute Gasteiger partial charge is 0.173 e. The standard InChI is InChI=1S/C24H40O6/c1-18-6-7-19-20(22(18,3)8-9-23(4)27-10-11-28-23)14-24(29-12-13-30-24)15-21(19,2)16-26-17-25-5/h18H,6-17H2,1-5H3/t18-,21-,22+/m1/s1. The Bertz CT molecular complexity index is 648. The van der Waals surface area contributed by atoms with Crippen molar-refractivity contribution in [2.75, 3.05) is 46.9 Å². The van der Waals surface area contributed by atoms with Crippen LogP contribution in [0.5, 0.6) is 0 Å². The molecule has 4 aliphatic rings. The quantitative estimate of drug-likeness (QED) is 0.342. The highest BCUT2D eigenvalue weighted by molar-refractivity contribution is 5.35. The first-order chi connectivity index (χ1) is 14.2. The van der Waals surface area contributed by atoms with Gasteiger partial charge in [-0.1, -0.05) is 31.9 Å². The Balaban J connectivity index is 1.66. The van der Waals surface area contributed by atoms with E-state index in [9.17, 15) is 0 Å². The molecular formula is C24H40O6. The highest BCUT2D eigenvalue weighted by atomic mass is 16.7. The molecule has 2 fully saturated rings. The molecule has 0 unspecified atom stereocenters. The van der Waals surface area contributed by atoms with Crippen molar-refractivity contribution in [2.24, 2.45) is 16.7 Å². The van der Waals surface area contributed by atoms with Crippen LogP contribution in [0.1, 0.15) is 66.2 Å². The number of rotatable bonds is 7. The second-order valence-electron chi connectivity index (χ2n) is 10.4. The molecule has 1 spiro atoms. The van der Waals surface area contributed by atoms with Crippen LogP contribution in [0.3, 0.4) is 0 Å². The minimum atomic E-state index is -0.521. The fourth-order valence-electron chi connectivity index (χ4n) is 6.25. The normalized spacial score (nSPS) is 37.7. The lowest BCUT2D eigenvalue weighted by molar-refractivity contribution is -0.194. The fourth-order valence-corrected chi connectivity index (χ4v) is 6.25. The van der Waals surface area contributed by atoms with Crippen molar-refractivity contribution in [1.82, 2.24) is 0 Å². The minimum absolute atomic E-state index is 0.0666. The maximum absolute atomic E-state index is 6.27. The molecule has 30 heavy (non-hydrogen) atoms. The van der Waals surface area contributed by atoms with Gasteiger partial charge < -0.3 is 28.4 Å². The highest BCUT2D eigenvalue weighted by Gasteiger charge is 2.55. The van der Waals surface area contributed by atoms with E-state index in [2.05, 4.69) is 27.7 Å². The van der Waals surface area contributed by atoms with Crippen LogP contribution >= 0.6 is 0 Å². The maximum Gasteiger partial charge on any atom is 0.173 e. The van der Waals surface area contributed by atoms with Gasteiger partial charge in [0, 0.05) is 31.8 Å². The molecular weight excluding hydrogens is 384 g/mol. The van der Waals surface area contributed by atoms with Crippen molar-refractivity contribution in [3.8, 4) is 0 Å². The summed E-state index contributed by atoms with van der Waals surface area (Å²) in [6, 6.07) is 0. The molecule has 0 N–H and O–H groups in total. The van der Waals surface area contributed by atoms with Gasteiger partial charge in [0.2, 0.25) is 0 Å². The largest absolute Gasteiger partial charge is 0.359 e. The topological polar surface area (TPSA) is 55.4 Å². The minimum Gasteiger partial charge on any atom is -0.359 e. The van der Waals surface area contributed by atoms with E-state index in [0.29, 0.717) is 45.7 Å². The van der Waals surface area contributed by atoms with Crippen LogP contribution in [-0.2, 0) is 28.4 Å². The summed E-state index contributed by atoms with van der Waals surface area (Å²) in [6.07, 6.45) is 5.96. The van der Waals surface area contributed by atoms with Gasteiger partial charge in [0.25, 0.3) is 0 Å². The van der Waals surface area contributed by atoms with Crippen LogP contribution in [-0.4, -0.2) is 58.5 Å². The third-order valence-corrected chi connectivity index (χ3v) is 8.23. The maximum atomic E-state index is 6.27. The van der Waals surface area contributed by atoms with Gasteiger partial charge in [0.05, 0.1) is 33.0 Å². The van der Waals surface area contributed by atoms with Crippen LogP contribution in [0, 0.1) is 16.7 Å². The fraction of sp³-hybridized carbons (Fsp3) is 0.917. The number of hydrogen-bond acceptors (Lipinski definition) is 6. The summed E-state index contributed by atoms with van der Waals surface area (Å²) >= 11 is 0. The van der Waals surface area contributed by atoms with Crippen molar-refractivity contribution >= 4 is 0 Å². The van der Waals surface area contributed by atoms with E-state index >= 15 is 0 Å². The van der Waals surface area contributed by atoms with Gasteiger partial charge in [-0.05, 0) is 37.5 Å². The first-order valence-corrected chi connectivity index (χ1v) is 11.6. The molecule has 0 radical (unpaired) electrons. The van der Waals surface area contributed by atoms with Crippen molar-refractivity contribution in [2.45, 2.75) is 77.8 Å². The zero-order valence-electron chi connectivity index (χ0n) is 19.5. The summed E-state index contributed by atoms with van der Waals surface area (Å²) in [5, 5.41) is 0. The zero-order chi connectivity index (χ0) is 21.5. The van der Waals surface area contributed by atoms with Crippen molar-refractivity contribution in [3.05, 3.63) is 11.1 Å². The molecule has 2 aliphatic carbocycles. The van der Waals surface area contributed by atoms with Crippen LogP contribution in [0.15, 0.2) is 11.1 Å². The molecule has 0 saturated carbocycles. The molecule has 6 nitrogen and oxygen atoms in total. The van der Waals surface area contributed by atoms with Crippen molar-refractivity contribution < 1.29 is 28.4 Å². The van der Waals surface area contributed by atoms with Gasteiger partial charge in [-0.2, -0.15) is 0 Å². The molecule has 172 valence electrons. The molecule has 6 heteroatoms. The Hall–Kier alpha value is -0.500. The lowest BCUT2D eigenvalue weighted by Crippen LogP contribution is -2.50. The van der Waals surface area contributed by atoms with Crippen LogP contribution in [0.2, 0.25) is 0 Å². The number of hydrogen-bond donors (Lipinski definition) is 0. The molecule has 2 heterocycles.